The lowest BCUT2D eigenvalue weighted by Crippen LogP contribution is -2.49. The molecule has 1 saturated carbocycles. The van der Waals surface area contributed by atoms with Crippen LogP contribution in [0.15, 0.2) is 0 Å². The molecule has 19 heavy (non-hydrogen) atoms. The summed E-state index contributed by atoms with van der Waals surface area (Å²) in [6.07, 6.45) is 5.70. The molecule has 1 aromatic heterocycles. The summed E-state index contributed by atoms with van der Waals surface area (Å²) in [6, 6.07) is 0.871. The largest absolute Gasteiger partial charge is 0.377 e. The molecule has 0 amide bonds. The van der Waals surface area contributed by atoms with Gasteiger partial charge in [0.05, 0.1) is 0 Å². The van der Waals surface area contributed by atoms with Crippen LogP contribution < -0.4 is 5.32 Å². The normalized spacial score (nSPS) is 23.0. The Bertz CT molecular complexity index is 393. The van der Waals surface area contributed by atoms with E-state index in [4.69, 9.17) is 0 Å². The minimum absolute atomic E-state index is 0.871. The van der Waals surface area contributed by atoms with Crippen LogP contribution in [0.4, 0.5) is 5.00 Å². The molecule has 1 aliphatic heterocycles. The second-order valence-corrected chi connectivity index (χ2v) is 6.30. The number of nitrogens with zero attached hydrogens (tertiary/aromatic N) is 4. The first-order valence-corrected chi connectivity index (χ1v) is 8.09. The minimum Gasteiger partial charge on any atom is -0.377 e. The number of anilines is 1. The summed E-state index contributed by atoms with van der Waals surface area (Å²) in [4.78, 5) is 5.20. The number of aromatic nitrogens is 2. The van der Waals surface area contributed by atoms with E-state index < -0.39 is 0 Å². The molecular formula is C13H23N5S. The second kappa shape index (κ2) is 6.15. The van der Waals surface area contributed by atoms with Gasteiger partial charge in [-0.25, -0.2) is 0 Å². The summed E-state index contributed by atoms with van der Waals surface area (Å²) >= 11 is 1.45. The summed E-state index contributed by atoms with van der Waals surface area (Å²) in [6.45, 7) is 5.70. The molecule has 1 aromatic rings. The molecule has 0 spiro atoms. The second-order valence-electron chi connectivity index (χ2n) is 5.55. The van der Waals surface area contributed by atoms with E-state index in [1.807, 2.05) is 7.05 Å². The van der Waals surface area contributed by atoms with Crippen molar-refractivity contribution in [2.24, 2.45) is 0 Å². The lowest BCUT2D eigenvalue weighted by Gasteiger charge is -2.37. The average molecular weight is 281 g/mol. The van der Waals surface area contributed by atoms with Gasteiger partial charge in [0.2, 0.25) is 0 Å². The first-order chi connectivity index (χ1) is 9.36. The molecular weight excluding hydrogens is 258 g/mol. The van der Waals surface area contributed by atoms with E-state index in [1.165, 1.54) is 50.3 Å². The highest BCUT2D eigenvalue weighted by molar-refractivity contribution is 7.10. The maximum absolute atomic E-state index is 4.23. The monoisotopic (exact) mass is 281 g/mol. The van der Waals surface area contributed by atoms with Gasteiger partial charge in [-0.2, -0.15) is 0 Å². The zero-order valence-electron chi connectivity index (χ0n) is 11.6. The quantitative estimate of drug-likeness (QED) is 0.909. The van der Waals surface area contributed by atoms with Gasteiger partial charge < -0.3 is 5.32 Å². The molecule has 5 nitrogen and oxygen atoms in total. The van der Waals surface area contributed by atoms with Crippen LogP contribution in [0.3, 0.4) is 0 Å². The molecule has 0 bridgehead atoms. The summed E-state index contributed by atoms with van der Waals surface area (Å²) < 4.78 is 4.03. The van der Waals surface area contributed by atoms with Crippen LogP contribution in [0.25, 0.3) is 0 Å². The highest BCUT2D eigenvalue weighted by Gasteiger charge is 2.26. The number of hydrogen-bond donors (Lipinski definition) is 1. The van der Waals surface area contributed by atoms with Gasteiger partial charge in [-0.15, -0.1) is 5.10 Å². The van der Waals surface area contributed by atoms with Crippen molar-refractivity contribution in [3.05, 3.63) is 5.69 Å². The smallest absolute Gasteiger partial charge is 0.134 e. The van der Waals surface area contributed by atoms with Gasteiger partial charge in [-0.1, -0.05) is 17.3 Å². The Morgan fingerprint density at radius 2 is 1.95 bits per heavy atom. The number of nitrogens with one attached hydrogen (secondary N) is 1. The maximum Gasteiger partial charge on any atom is 0.134 e. The van der Waals surface area contributed by atoms with Crippen molar-refractivity contribution in [3.8, 4) is 0 Å². The van der Waals surface area contributed by atoms with Gasteiger partial charge in [0.25, 0.3) is 0 Å². The molecule has 0 radical (unpaired) electrons. The third-order valence-corrected chi connectivity index (χ3v) is 5.19. The van der Waals surface area contributed by atoms with Crippen molar-refractivity contribution >= 4 is 16.5 Å². The molecule has 0 atom stereocenters. The van der Waals surface area contributed by atoms with Gasteiger partial charge in [-0.3, -0.25) is 9.80 Å². The molecule has 6 heteroatoms. The zero-order valence-corrected chi connectivity index (χ0v) is 12.5. The van der Waals surface area contributed by atoms with Crippen LogP contribution in [0.1, 0.15) is 31.4 Å². The molecule has 1 N–H and O–H groups in total. The highest BCUT2D eigenvalue weighted by Crippen LogP contribution is 2.25. The maximum atomic E-state index is 4.23. The third kappa shape index (κ3) is 3.07. The van der Waals surface area contributed by atoms with Crippen molar-refractivity contribution in [1.82, 2.24) is 19.4 Å². The molecule has 0 aromatic carbocycles. The fraction of sp³-hybridized carbons (Fsp3) is 0.846. The topological polar surface area (TPSA) is 44.3 Å². The Morgan fingerprint density at radius 1 is 1.21 bits per heavy atom. The lowest BCUT2D eigenvalue weighted by molar-refractivity contribution is 0.0930. The van der Waals surface area contributed by atoms with Gasteiger partial charge in [0.1, 0.15) is 10.7 Å². The van der Waals surface area contributed by atoms with Crippen molar-refractivity contribution < 1.29 is 0 Å². The summed E-state index contributed by atoms with van der Waals surface area (Å²) in [7, 11) is 1.94. The summed E-state index contributed by atoms with van der Waals surface area (Å²) in [5.41, 5.74) is 1.10. The van der Waals surface area contributed by atoms with E-state index >= 15 is 0 Å². The van der Waals surface area contributed by atoms with Crippen LogP contribution in [-0.2, 0) is 6.54 Å². The first kappa shape index (κ1) is 13.3. The summed E-state index contributed by atoms with van der Waals surface area (Å²) in [5, 5.41) is 8.51. The standard InChI is InChI=1S/C13H23N5S/c1-14-13-12(15-16-19-13)10-17-6-8-18(9-7-17)11-4-2-3-5-11/h11,14H,2-10H2,1H3. The van der Waals surface area contributed by atoms with Gasteiger partial charge in [0.15, 0.2) is 0 Å². The minimum atomic E-state index is 0.871. The Labute approximate surface area is 119 Å². The van der Waals surface area contributed by atoms with E-state index in [9.17, 15) is 0 Å². The van der Waals surface area contributed by atoms with E-state index in [0.717, 1.165) is 36.4 Å². The third-order valence-electron chi connectivity index (χ3n) is 4.40. The number of piperazine rings is 1. The Hall–Kier alpha value is -0.720. The molecule has 2 heterocycles. The first-order valence-electron chi connectivity index (χ1n) is 7.32. The summed E-state index contributed by atoms with van der Waals surface area (Å²) in [5.74, 6) is 0. The van der Waals surface area contributed by atoms with Crippen molar-refractivity contribution in [2.75, 3.05) is 38.5 Å². The predicted octanol–water partition coefficient (Wildman–Crippen LogP) is 1.64. The molecule has 1 saturated heterocycles. The molecule has 2 fully saturated rings. The van der Waals surface area contributed by atoms with Gasteiger partial charge in [0, 0.05) is 57.3 Å². The Morgan fingerprint density at radius 3 is 2.63 bits per heavy atom. The van der Waals surface area contributed by atoms with E-state index in [0.29, 0.717) is 0 Å². The van der Waals surface area contributed by atoms with E-state index in [2.05, 4.69) is 24.7 Å². The molecule has 106 valence electrons. The van der Waals surface area contributed by atoms with E-state index in [1.54, 1.807) is 0 Å². The van der Waals surface area contributed by atoms with Crippen molar-refractivity contribution in [1.29, 1.82) is 0 Å². The Kier molecular flexibility index (Phi) is 4.30. The number of hydrogen-bond acceptors (Lipinski definition) is 6. The molecule has 2 aliphatic rings. The Balaban J connectivity index is 1.50. The zero-order chi connectivity index (χ0) is 13.1. The average Bonchev–Trinajstić information content (AvgIpc) is 3.10. The van der Waals surface area contributed by atoms with E-state index in [-0.39, 0.29) is 0 Å². The van der Waals surface area contributed by atoms with Crippen LogP contribution in [0, 0.1) is 0 Å². The molecule has 1 aliphatic carbocycles. The van der Waals surface area contributed by atoms with Crippen LogP contribution >= 0.6 is 11.5 Å². The predicted molar refractivity (Wildman–Crippen MR) is 78.6 cm³/mol. The van der Waals surface area contributed by atoms with Crippen LogP contribution in [0.2, 0.25) is 0 Å². The van der Waals surface area contributed by atoms with Gasteiger partial charge >= 0.3 is 0 Å². The van der Waals surface area contributed by atoms with Gasteiger partial charge in [-0.05, 0) is 12.8 Å². The fourth-order valence-corrected chi connectivity index (χ4v) is 3.79. The highest BCUT2D eigenvalue weighted by atomic mass is 32.1. The fourth-order valence-electron chi connectivity index (χ4n) is 3.27. The SMILES string of the molecule is CNc1snnc1CN1CCN(C2CCCC2)CC1. The molecule has 0 unspecified atom stereocenters. The lowest BCUT2D eigenvalue weighted by atomic mass is 10.2. The van der Waals surface area contributed by atoms with Crippen LogP contribution in [0.5, 0.6) is 0 Å². The van der Waals surface area contributed by atoms with Crippen molar-refractivity contribution in [3.63, 3.8) is 0 Å². The molecule has 3 rings (SSSR count). The van der Waals surface area contributed by atoms with Crippen LogP contribution in [-0.4, -0.2) is 58.7 Å². The van der Waals surface area contributed by atoms with Crippen molar-refractivity contribution in [2.45, 2.75) is 38.3 Å². The number of rotatable bonds is 4.